The van der Waals surface area contributed by atoms with Crippen molar-refractivity contribution in [1.82, 2.24) is 0 Å². The van der Waals surface area contributed by atoms with Crippen LogP contribution in [-0.4, -0.2) is 11.6 Å². The molecular formula is C34H35O3P. The molecule has 0 spiro atoms. The molecule has 0 aliphatic heterocycles. The molecule has 4 aromatic carbocycles. The molecule has 0 fully saturated rings. The molecule has 1 unspecified atom stereocenters. The van der Waals surface area contributed by atoms with Crippen molar-refractivity contribution < 1.29 is 14.2 Å². The Morgan fingerprint density at radius 2 is 1.18 bits per heavy atom. The highest BCUT2D eigenvalue weighted by Crippen LogP contribution is 2.46. The van der Waals surface area contributed by atoms with E-state index in [0.717, 1.165) is 16.7 Å². The summed E-state index contributed by atoms with van der Waals surface area (Å²) in [5, 5.41) is 1.91. The molecule has 0 aliphatic rings. The number of benzene rings is 4. The van der Waals surface area contributed by atoms with Crippen LogP contribution in [0.15, 0.2) is 97.1 Å². The summed E-state index contributed by atoms with van der Waals surface area (Å²) in [5.74, 6) is -1.57. The number of Topliss-reactive ketones (excluding diaryl/α,β-unsaturated/α-hetero) is 2. The maximum Gasteiger partial charge on any atom is 0.177 e. The van der Waals surface area contributed by atoms with Crippen molar-refractivity contribution in [3.8, 4) is 0 Å². The van der Waals surface area contributed by atoms with Gasteiger partial charge in [-0.1, -0.05) is 116 Å². The summed E-state index contributed by atoms with van der Waals surface area (Å²) in [4.78, 5) is 28.1. The second kappa shape index (κ2) is 10.7. The molecule has 0 amide bonds. The zero-order chi connectivity index (χ0) is 27.7. The van der Waals surface area contributed by atoms with Crippen LogP contribution in [0.2, 0.25) is 0 Å². The Labute approximate surface area is 226 Å². The van der Waals surface area contributed by atoms with Gasteiger partial charge in [0.1, 0.15) is 5.92 Å². The van der Waals surface area contributed by atoms with Crippen molar-refractivity contribution in [1.29, 1.82) is 0 Å². The van der Waals surface area contributed by atoms with Crippen molar-refractivity contribution in [2.45, 2.75) is 47.5 Å². The average molecular weight is 523 g/mol. The van der Waals surface area contributed by atoms with E-state index in [-0.39, 0.29) is 11.6 Å². The van der Waals surface area contributed by atoms with Crippen LogP contribution in [0.25, 0.3) is 0 Å². The first-order chi connectivity index (χ1) is 17.9. The van der Waals surface area contributed by atoms with Crippen molar-refractivity contribution in [2.24, 2.45) is 5.41 Å². The molecule has 4 aromatic rings. The van der Waals surface area contributed by atoms with Crippen LogP contribution >= 0.6 is 7.14 Å². The lowest BCUT2D eigenvalue weighted by Crippen LogP contribution is -2.37. The Hall–Kier alpha value is -3.55. The Kier molecular flexibility index (Phi) is 7.72. The summed E-state index contributed by atoms with van der Waals surface area (Å²) in [5.41, 5.74) is 3.09. The molecule has 0 aromatic heterocycles. The lowest BCUT2D eigenvalue weighted by atomic mass is 9.76. The Morgan fingerprint density at radius 1 is 0.658 bits per heavy atom. The first-order valence-electron chi connectivity index (χ1n) is 12.9. The van der Waals surface area contributed by atoms with E-state index in [0.29, 0.717) is 27.0 Å². The number of ketones is 2. The molecule has 0 saturated carbocycles. The summed E-state index contributed by atoms with van der Waals surface area (Å²) in [6.45, 7) is 11.4. The first kappa shape index (κ1) is 27.5. The van der Waals surface area contributed by atoms with Crippen LogP contribution in [0.4, 0.5) is 0 Å². The van der Waals surface area contributed by atoms with E-state index in [2.05, 4.69) is 0 Å². The van der Waals surface area contributed by atoms with Gasteiger partial charge in [0.15, 0.2) is 18.7 Å². The van der Waals surface area contributed by atoms with Gasteiger partial charge in [0.2, 0.25) is 0 Å². The van der Waals surface area contributed by atoms with Gasteiger partial charge in [-0.05, 0) is 44.5 Å². The average Bonchev–Trinajstić information content (AvgIpc) is 2.89. The highest BCUT2D eigenvalue weighted by Gasteiger charge is 2.41. The fourth-order valence-electron chi connectivity index (χ4n) is 4.85. The maximum absolute atomic E-state index is 15.6. The summed E-state index contributed by atoms with van der Waals surface area (Å²) in [7, 11) is -3.48. The predicted octanol–water partition coefficient (Wildman–Crippen LogP) is 6.83. The highest BCUT2D eigenvalue weighted by atomic mass is 31.2. The molecule has 3 nitrogen and oxygen atoms in total. The molecule has 1 atom stereocenters. The van der Waals surface area contributed by atoms with Gasteiger partial charge in [0, 0.05) is 26.9 Å². The van der Waals surface area contributed by atoms with E-state index in [1.54, 1.807) is 24.3 Å². The van der Waals surface area contributed by atoms with Gasteiger partial charge in [-0.15, -0.1) is 0 Å². The van der Waals surface area contributed by atoms with Crippen LogP contribution in [0.5, 0.6) is 0 Å². The lowest BCUT2D eigenvalue weighted by molar-refractivity contribution is -0.126. The Morgan fingerprint density at radius 3 is 1.68 bits per heavy atom. The van der Waals surface area contributed by atoms with E-state index in [1.807, 2.05) is 114 Å². The van der Waals surface area contributed by atoms with Gasteiger partial charge < -0.3 is 4.57 Å². The van der Waals surface area contributed by atoms with Crippen LogP contribution in [0.1, 0.15) is 59.3 Å². The molecule has 0 saturated heterocycles. The van der Waals surface area contributed by atoms with Crippen LogP contribution < -0.4 is 15.9 Å². The van der Waals surface area contributed by atoms with Crippen molar-refractivity contribution in [3.63, 3.8) is 0 Å². The summed E-state index contributed by atoms with van der Waals surface area (Å²) < 4.78 is 15.6. The molecule has 0 bridgehead atoms. The molecular weight excluding hydrogens is 487 g/mol. The SMILES string of the molecule is Cc1cccc(P(=O)(c2cccc(C)c2)c2cc(C)ccc2C(C(=O)c2ccccc2)C(=O)C(C)(C)C)c1. The number of hydrogen-bond donors (Lipinski definition) is 0. The normalized spacial score (nSPS) is 12.7. The third kappa shape index (κ3) is 5.35. The lowest BCUT2D eigenvalue weighted by Gasteiger charge is -2.29. The summed E-state index contributed by atoms with van der Waals surface area (Å²) >= 11 is 0. The summed E-state index contributed by atoms with van der Waals surface area (Å²) in [6.07, 6.45) is 0. The molecule has 38 heavy (non-hydrogen) atoms. The Bertz CT molecular complexity index is 1490. The standard InChI is InChI=1S/C34H35O3P/c1-23-12-10-16-27(20-23)38(37,28-17-11-13-24(2)21-28)30-22-25(3)18-19-29(30)31(33(36)34(4,5)6)32(35)26-14-8-7-9-15-26/h7-22,31H,1-6H3. The van der Waals surface area contributed by atoms with Crippen LogP contribution in [-0.2, 0) is 9.36 Å². The topological polar surface area (TPSA) is 51.2 Å². The van der Waals surface area contributed by atoms with Crippen LogP contribution in [0.3, 0.4) is 0 Å². The van der Waals surface area contributed by atoms with Crippen molar-refractivity contribution >= 4 is 34.6 Å². The van der Waals surface area contributed by atoms with Gasteiger partial charge in [-0.25, -0.2) is 0 Å². The number of carbonyl (C=O) groups excluding carboxylic acids is 2. The van der Waals surface area contributed by atoms with Crippen molar-refractivity contribution in [3.05, 3.63) is 125 Å². The number of carbonyl (C=O) groups is 2. The fraction of sp³-hybridized carbons (Fsp3) is 0.235. The highest BCUT2D eigenvalue weighted by molar-refractivity contribution is 7.85. The zero-order valence-corrected chi connectivity index (χ0v) is 23.9. The first-order valence-corrected chi connectivity index (χ1v) is 14.6. The zero-order valence-electron chi connectivity index (χ0n) is 23.0. The number of hydrogen-bond acceptors (Lipinski definition) is 3. The third-order valence-corrected chi connectivity index (χ3v) is 9.97. The van der Waals surface area contributed by atoms with Gasteiger partial charge in [-0.3, -0.25) is 9.59 Å². The maximum atomic E-state index is 15.6. The van der Waals surface area contributed by atoms with Gasteiger partial charge in [0.05, 0.1) is 0 Å². The minimum absolute atomic E-state index is 0.198. The van der Waals surface area contributed by atoms with E-state index in [9.17, 15) is 9.59 Å². The second-order valence-corrected chi connectivity index (χ2v) is 13.9. The smallest absolute Gasteiger partial charge is 0.177 e. The molecule has 4 rings (SSSR count). The molecule has 0 aliphatic carbocycles. The van der Waals surface area contributed by atoms with E-state index in [1.165, 1.54) is 0 Å². The number of aryl methyl sites for hydroxylation is 3. The number of rotatable bonds is 7. The van der Waals surface area contributed by atoms with Gasteiger partial charge in [0.25, 0.3) is 0 Å². The van der Waals surface area contributed by atoms with E-state index < -0.39 is 18.5 Å². The molecule has 0 N–H and O–H groups in total. The van der Waals surface area contributed by atoms with Crippen molar-refractivity contribution in [2.75, 3.05) is 0 Å². The second-order valence-electron chi connectivity index (χ2n) is 11.1. The van der Waals surface area contributed by atoms with E-state index >= 15 is 4.57 Å². The largest absolute Gasteiger partial charge is 0.309 e. The quantitative estimate of drug-likeness (QED) is 0.152. The molecule has 0 heterocycles. The molecule has 0 radical (unpaired) electrons. The molecule has 4 heteroatoms. The minimum Gasteiger partial charge on any atom is -0.309 e. The summed E-state index contributed by atoms with van der Waals surface area (Å²) in [6, 6.07) is 30.0. The van der Waals surface area contributed by atoms with Crippen LogP contribution in [0, 0.1) is 26.2 Å². The van der Waals surface area contributed by atoms with Gasteiger partial charge in [-0.2, -0.15) is 0 Å². The third-order valence-electron chi connectivity index (χ3n) is 6.89. The Balaban J connectivity index is 2.09. The monoisotopic (exact) mass is 522 g/mol. The fourth-order valence-corrected chi connectivity index (χ4v) is 8.02. The predicted molar refractivity (Wildman–Crippen MR) is 158 cm³/mol. The minimum atomic E-state index is -3.48. The molecule has 194 valence electrons. The van der Waals surface area contributed by atoms with Gasteiger partial charge >= 0.3 is 0 Å². The van der Waals surface area contributed by atoms with E-state index in [4.69, 9.17) is 0 Å².